The lowest BCUT2D eigenvalue weighted by molar-refractivity contribution is -0.115. The third-order valence-electron chi connectivity index (χ3n) is 5.59. The van der Waals surface area contributed by atoms with Crippen LogP contribution in [0.3, 0.4) is 0 Å². The number of hydrogen-bond donors (Lipinski definition) is 0. The SMILES string of the molecule is CCOc1ccc(/C=C/C(=O)C[C@H]2c3c(cc4c(c3OC)OCO4)CCN2C)cc1. The molecule has 2 aromatic rings. The predicted octanol–water partition coefficient (Wildman–Crippen LogP) is 4.02. The van der Waals surface area contributed by atoms with Gasteiger partial charge in [0.05, 0.1) is 13.7 Å². The molecule has 0 aromatic heterocycles. The highest BCUT2D eigenvalue weighted by atomic mass is 16.7. The summed E-state index contributed by atoms with van der Waals surface area (Å²) in [5.74, 6) is 2.92. The highest BCUT2D eigenvalue weighted by Gasteiger charge is 2.34. The lowest BCUT2D eigenvalue weighted by Crippen LogP contribution is -2.33. The van der Waals surface area contributed by atoms with Crippen LogP contribution in [0.4, 0.5) is 0 Å². The average molecular weight is 409 g/mol. The van der Waals surface area contributed by atoms with Crippen molar-refractivity contribution >= 4 is 11.9 Å². The zero-order chi connectivity index (χ0) is 21.1. The van der Waals surface area contributed by atoms with Crippen molar-refractivity contribution in [1.82, 2.24) is 4.90 Å². The smallest absolute Gasteiger partial charge is 0.231 e. The molecule has 6 nitrogen and oxygen atoms in total. The number of ether oxygens (including phenoxy) is 4. The quantitative estimate of drug-likeness (QED) is 0.644. The van der Waals surface area contributed by atoms with Gasteiger partial charge in [-0.2, -0.15) is 0 Å². The molecule has 0 radical (unpaired) electrons. The van der Waals surface area contributed by atoms with Gasteiger partial charge in [-0.3, -0.25) is 9.69 Å². The van der Waals surface area contributed by atoms with Crippen molar-refractivity contribution in [2.75, 3.05) is 34.1 Å². The highest BCUT2D eigenvalue weighted by molar-refractivity contribution is 5.94. The van der Waals surface area contributed by atoms with Crippen LogP contribution in [0.25, 0.3) is 6.08 Å². The van der Waals surface area contributed by atoms with Gasteiger partial charge < -0.3 is 18.9 Å². The number of fused-ring (bicyclic) bond motifs is 2. The molecule has 0 saturated carbocycles. The highest BCUT2D eigenvalue weighted by Crippen LogP contribution is 2.50. The van der Waals surface area contributed by atoms with Crippen LogP contribution in [-0.2, 0) is 11.2 Å². The minimum atomic E-state index is -0.0734. The van der Waals surface area contributed by atoms with Crippen LogP contribution in [0, 0.1) is 0 Å². The number of benzene rings is 2. The molecule has 1 atom stereocenters. The minimum absolute atomic E-state index is 0.0632. The zero-order valence-electron chi connectivity index (χ0n) is 17.6. The number of ketones is 1. The fourth-order valence-corrected chi connectivity index (χ4v) is 4.07. The van der Waals surface area contributed by atoms with E-state index < -0.39 is 0 Å². The largest absolute Gasteiger partial charge is 0.494 e. The van der Waals surface area contributed by atoms with E-state index in [1.165, 1.54) is 0 Å². The van der Waals surface area contributed by atoms with Crippen LogP contribution in [0.1, 0.15) is 36.1 Å². The fourth-order valence-electron chi connectivity index (χ4n) is 4.07. The van der Waals surface area contributed by atoms with E-state index >= 15 is 0 Å². The maximum Gasteiger partial charge on any atom is 0.231 e. The maximum absolute atomic E-state index is 12.8. The Morgan fingerprint density at radius 3 is 2.80 bits per heavy atom. The number of nitrogens with zero attached hydrogens (tertiary/aromatic N) is 1. The number of carbonyl (C=O) groups excluding carboxylic acids is 1. The van der Waals surface area contributed by atoms with Crippen LogP contribution >= 0.6 is 0 Å². The molecule has 30 heavy (non-hydrogen) atoms. The summed E-state index contributed by atoms with van der Waals surface area (Å²) in [7, 11) is 3.68. The van der Waals surface area contributed by atoms with E-state index in [0.29, 0.717) is 24.5 Å². The van der Waals surface area contributed by atoms with Gasteiger partial charge in [0, 0.05) is 24.6 Å². The Balaban J connectivity index is 1.54. The van der Waals surface area contributed by atoms with E-state index in [0.717, 1.165) is 41.2 Å². The van der Waals surface area contributed by atoms with Crippen molar-refractivity contribution in [2.45, 2.75) is 25.8 Å². The summed E-state index contributed by atoms with van der Waals surface area (Å²) < 4.78 is 22.4. The van der Waals surface area contributed by atoms with Crippen molar-refractivity contribution in [3.05, 3.63) is 53.1 Å². The second kappa shape index (κ2) is 8.79. The number of likely N-dealkylation sites (N-methyl/N-ethyl adjacent to an activating group) is 1. The first-order valence-corrected chi connectivity index (χ1v) is 10.2. The lowest BCUT2D eigenvalue weighted by Gasteiger charge is -2.35. The van der Waals surface area contributed by atoms with Gasteiger partial charge in [0.2, 0.25) is 12.5 Å². The molecule has 0 saturated heterocycles. The van der Waals surface area contributed by atoms with Gasteiger partial charge in [0.25, 0.3) is 0 Å². The van der Waals surface area contributed by atoms with E-state index in [1.54, 1.807) is 13.2 Å². The van der Waals surface area contributed by atoms with Crippen molar-refractivity contribution < 1.29 is 23.7 Å². The van der Waals surface area contributed by atoms with E-state index in [2.05, 4.69) is 4.90 Å². The van der Waals surface area contributed by atoms with Crippen molar-refractivity contribution in [3.63, 3.8) is 0 Å². The Labute approximate surface area is 177 Å². The summed E-state index contributed by atoms with van der Waals surface area (Å²) in [5, 5.41) is 0. The zero-order valence-corrected chi connectivity index (χ0v) is 17.6. The fraction of sp³-hybridized carbons (Fsp3) is 0.375. The van der Waals surface area contributed by atoms with E-state index in [1.807, 2.05) is 50.4 Å². The number of rotatable bonds is 7. The molecule has 0 bridgehead atoms. The molecule has 2 aliphatic heterocycles. The first kappa shape index (κ1) is 20.3. The Morgan fingerprint density at radius 2 is 2.07 bits per heavy atom. The molecule has 158 valence electrons. The lowest BCUT2D eigenvalue weighted by atomic mass is 9.88. The first-order chi connectivity index (χ1) is 14.6. The Hall–Kier alpha value is -2.99. The minimum Gasteiger partial charge on any atom is -0.494 e. The van der Waals surface area contributed by atoms with E-state index in [4.69, 9.17) is 18.9 Å². The van der Waals surface area contributed by atoms with Gasteiger partial charge in [-0.05, 0) is 55.8 Å². The molecule has 0 spiro atoms. The predicted molar refractivity (Wildman–Crippen MR) is 114 cm³/mol. The molecular formula is C24H27NO5. The number of methoxy groups -OCH3 is 1. The number of carbonyl (C=O) groups is 1. The molecular weight excluding hydrogens is 382 g/mol. The van der Waals surface area contributed by atoms with Gasteiger partial charge in [-0.1, -0.05) is 18.2 Å². The first-order valence-electron chi connectivity index (χ1n) is 10.2. The standard InChI is InChI=1S/C24H27NO5/c1-4-28-19-9-6-16(7-10-19)5-8-18(26)14-20-22-17(11-12-25(20)2)13-21-23(24(22)27-3)30-15-29-21/h5-10,13,20H,4,11-12,14-15H2,1-3H3/b8-5+/t20-/m0/s1. The average Bonchev–Trinajstić information content (AvgIpc) is 3.22. The topological polar surface area (TPSA) is 57.2 Å². The molecule has 0 N–H and O–H groups in total. The van der Waals surface area contributed by atoms with Crippen LogP contribution in [0.15, 0.2) is 36.4 Å². The van der Waals surface area contributed by atoms with Gasteiger partial charge >= 0.3 is 0 Å². The summed E-state index contributed by atoms with van der Waals surface area (Å²) in [6.45, 7) is 3.65. The van der Waals surface area contributed by atoms with Crippen LogP contribution in [-0.4, -0.2) is 44.8 Å². The maximum atomic E-state index is 12.8. The third kappa shape index (κ3) is 4.00. The summed E-state index contributed by atoms with van der Waals surface area (Å²) in [6, 6.07) is 9.66. The molecule has 2 aromatic carbocycles. The van der Waals surface area contributed by atoms with Gasteiger partial charge in [0.1, 0.15) is 5.75 Å². The molecule has 6 heteroatoms. The summed E-state index contributed by atoms with van der Waals surface area (Å²) in [5.41, 5.74) is 3.14. The van der Waals surface area contributed by atoms with Gasteiger partial charge in [-0.25, -0.2) is 0 Å². The molecule has 2 aliphatic rings. The van der Waals surface area contributed by atoms with Crippen molar-refractivity contribution in [3.8, 4) is 23.0 Å². The second-order valence-corrected chi connectivity index (χ2v) is 7.47. The molecule has 0 amide bonds. The Kier molecular flexibility index (Phi) is 5.95. The molecule has 0 aliphatic carbocycles. The summed E-state index contributed by atoms with van der Waals surface area (Å²) in [6.07, 6.45) is 4.74. The van der Waals surface area contributed by atoms with Gasteiger partial charge in [0.15, 0.2) is 17.3 Å². The van der Waals surface area contributed by atoms with Crippen molar-refractivity contribution in [2.24, 2.45) is 0 Å². The third-order valence-corrected chi connectivity index (χ3v) is 5.59. The summed E-state index contributed by atoms with van der Waals surface area (Å²) >= 11 is 0. The van der Waals surface area contributed by atoms with Crippen LogP contribution in [0.2, 0.25) is 0 Å². The Bertz CT molecular complexity index is 951. The van der Waals surface area contributed by atoms with Crippen LogP contribution < -0.4 is 18.9 Å². The Morgan fingerprint density at radius 1 is 1.27 bits per heavy atom. The van der Waals surface area contributed by atoms with E-state index in [9.17, 15) is 4.79 Å². The van der Waals surface area contributed by atoms with E-state index in [-0.39, 0.29) is 18.6 Å². The molecule has 0 unspecified atom stereocenters. The number of hydrogen-bond acceptors (Lipinski definition) is 6. The molecule has 4 rings (SSSR count). The second-order valence-electron chi connectivity index (χ2n) is 7.47. The monoisotopic (exact) mass is 409 g/mol. The molecule has 0 fully saturated rings. The summed E-state index contributed by atoms with van der Waals surface area (Å²) in [4.78, 5) is 15.0. The van der Waals surface area contributed by atoms with Crippen molar-refractivity contribution in [1.29, 1.82) is 0 Å². The number of allylic oxidation sites excluding steroid dienone is 1. The van der Waals surface area contributed by atoms with Crippen LogP contribution in [0.5, 0.6) is 23.0 Å². The normalized spacial score (nSPS) is 17.8. The molecule has 2 heterocycles. The van der Waals surface area contributed by atoms with Gasteiger partial charge in [-0.15, -0.1) is 0 Å².